The van der Waals surface area contributed by atoms with Gasteiger partial charge in [0.05, 0.1) is 22.7 Å². The molecule has 2 heteroatoms. The molecule has 1 heterocycles. The predicted octanol–water partition coefficient (Wildman–Crippen LogP) is 8.65. The van der Waals surface area contributed by atoms with Gasteiger partial charge in [0, 0.05) is 11.8 Å². The number of rotatable bonds is 4. The van der Waals surface area contributed by atoms with Gasteiger partial charge in [0.2, 0.25) is 0 Å². The van der Waals surface area contributed by atoms with Crippen molar-refractivity contribution in [3.05, 3.63) is 174 Å². The van der Waals surface area contributed by atoms with Crippen molar-refractivity contribution in [1.82, 2.24) is 4.98 Å². The standard InChI is InChI=1S/C37H24N2/c38-25-26-21-22-39-36(23-26)28-17-15-27(16-18-28)29-19-20-35-33(24-29)32-13-7-8-14-34(32)37(35,30-9-3-1-4-10-30)31-11-5-2-6-12-31/h1-24H. The van der Waals surface area contributed by atoms with Gasteiger partial charge in [0.1, 0.15) is 0 Å². The summed E-state index contributed by atoms with van der Waals surface area (Å²) in [5.74, 6) is 0. The summed E-state index contributed by atoms with van der Waals surface area (Å²) >= 11 is 0. The highest BCUT2D eigenvalue weighted by Crippen LogP contribution is 2.56. The van der Waals surface area contributed by atoms with Crippen LogP contribution in [-0.2, 0) is 5.41 Å². The number of benzene rings is 5. The Kier molecular flexibility index (Phi) is 5.43. The van der Waals surface area contributed by atoms with Gasteiger partial charge < -0.3 is 0 Å². The van der Waals surface area contributed by atoms with Crippen LogP contribution in [0.4, 0.5) is 0 Å². The van der Waals surface area contributed by atoms with Crippen LogP contribution in [0.25, 0.3) is 33.5 Å². The number of nitrogens with zero attached hydrogens (tertiary/aromatic N) is 2. The van der Waals surface area contributed by atoms with E-state index >= 15 is 0 Å². The highest BCUT2D eigenvalue weighted by molar-refractivity contribution is 5.89. The quantitative estimate of drug-likeness (QED) is 0.244. The Morgan fingerprint density at radius 3 is 1.79 bits per heavy atom. The fourth-order valence-corrected chi connectivity index (χ4v) is 6.12. The van der Waals surface area contributed by atoms with Crippen LogP contribution in [0.1, 0.15) is 27.8 Å². The summed E-state index contributed by atoms with van der Waals surface area (Å²) in [5.41, 5.74) is 12.0. The molecular formula is C37H24N2. The minimum atomic E-state index is -0.381. The lowest BCUT2D eigenvalue weighted by Gasteiger charge is -2.33. The van der Waals surface area contributed by atoms with Crippen molar-refractivity contribution >= 4 is 0 Å². The van der Waals surface area contributed by atoms with E-state index in [0.717, 1.165) is 16.8 Å². The van der Waals surface area contributed by atoms with Crippen LogP contribution < -0.4 is 0 Å². The first kappa shape index (κ1) is 22.9. The minimum Gasteiger partial charge on any atom is -0.256 e. The number of aromatic nitrogens is 1. The van der Waals surface area contributed by atoms with Gasteiger partial charge in [-0.1, -0.05) is 121 Å². The van der Waals surface area contributed by atoms with E-state index in [4.69, 9.17) is 0 Å². The van der Waals surface area contributed by atoms with Gasteiger partial charge in [0.15, 0.2) is 0 Å². The smallest absolute Gasteiger partial charge is 0.0992 e. The maximum Gasteiger partial charge on any atom is 0.0992 e. The topological polar surface area (TPSA) is 36.7 Å². The number of hydrogen-bond donors (Lipinski definition) is 0. The predicted molar refractivity (Wildman–Crippen MR) is 157 cm³/mol. The Balaban J connectivity index is 1.39. The van der Waals surface area contributed by atoms with Crippen molar-refractivity contribution in [3.63, 3.8) is 0 Å². The van der Waals surface area contributed by atoms with Crippen molar-refractivity contribution in [1.29, 1.82) is 5.26 Å². The Bertz CT molecular complexity index is 1810. The molecule has 5 aromatic carbocycles. The molecule has 0 bridgehead atoms. The lowest BCUT2D eigenvalue weighted by Crippen LogP contribution is -2.28. The molecule has 0 radical (unpaired) electrons. The minimum absolute atomic E-state index is 0.381. The van der Waals surface area contributed by atoms with Gasteiger partial charge in [-0.25, -0.2) is 0 Å². The number of nitriles is 1. The van der Waals surface area contributed by atoms with E-state index in [1.165, 1.54) is 38.9 Å². The molecule has 2 nitrogen and oxygen atoms in total. The van der Waals surface area contributed by atoms with Crippen molar-refractivity contribution in [3.8, 4) is 39.6 Å². The van der Waals surface area contributed by atoms with Gasteiger partial charge >= 0.3 is 0 Å². The first-order valence-electron chi connectivity index (χ1n) is 13.1. The van der Waals surface area contributed by atoms with E-state index in [1.807, 2.05) is 6.07 Å². The second kappa shape index (κ2) is 9.24. The third-order valence-electron chi connectivity index (χ3n) is 7.86. The molecule has 0 unspecified atom stereocenters. The summed E-state index contributed by atoms with van der Waals surface area (Å²) in [6.07, 6.45) is 1.69. The van der Waals surface area contributed by atoms with Crippen LogP contribution >= 0.6 is 0 Å². The molecule has 0 atom stereocenters. The summed E-state index contributed by atoms with van der Waals surface area (Å²) in [7, 11) is 0. The second-order valence-electron chi connectivity index (χ2n) is 9.91. The van der Waals surface area contributed by atoms with Crippen LogP contribution in [0, 0.1) is 11.3 Å². The van der Waals surface area contributed by atoms with Gasteiger partial charge in [-0.05, 0) is 62.7 Å². The fraction of sp³-hybridized carbons (Fsp3) is 0.0270. The second-order valence-corrected chi connectivity index (χ2v) is 9.91. The molecule has 0 saturated heterocycles. The van der Waals surface area contributed by atoms with E-state index in [1.54, 1.807) is 12.3 Å². The molecule has 6 aromatic rings. The molecule has 0 spiro atoms. The average molecular weight is 497 g/mol. The highest BCUT2D eigenvalue weighted by Gasteiger charge is 2.45. The molecular weight excluding hydrogens is 472 g/mol. The van der Waals surface area contributed by atoms with Gasteiger partial charge in [-0.15, -0.1) is 0 Å². The van der Waals surface area contributed by atoms with Gasteiger partial charge in [0.25, 0.3) is 0 Å². The zero-order valence-corrected chi connectivity index (χ0v) is 21.3. The van der Waals surface area contributed by atoms with Crippen molar-refractivity contribution in [2.75, 3.05) is 0 Å². The fourth-order valence-electron chi connectivity index (χ4n) is 6.12. The van der Waals surface area contributed by atoms with E-state index in [9.17, 15) is 5.26 Å². The summed E-state index contributed by atoms with van der Waals surface area (Å²) in [6, 6.07) is 51.6. The van der Waals surface area contributed by atoms with E-state index in [2.05, 4.69) is 138 Å². The molecule has 182 valence electrons. The molecule has 1 aromatic heterocycles. The Labute approximate surface area is 228 Å². The van der Waals surface area contributed by atoms with Gasteiger partial charge in [-0.3, -0.25) is 4.98 Å². The number of hydrogen-bond acceptors (Lipinski definition) is 2. The first-order valence-corrected chi connectivity index (χ1v) is 13.1. The Morgan fingerprint density at radius 2 is 1.10 bits per heavy atom. The Hall–Kier alpha value is -5.26. The largest absolute Gasteiger partial charge is 0.256 e. The molecule has 0 saturated carbocycles. The molecule has 7 rings (SSSR count). The molecule has 0 fully saturated rings. The van der Waals surface area contributed by atoms with E-state index in [-0.39, 0.29) is 5.41 Å². The zero-order valence-electron chi connectivity index (χ0n) is 21.3. The first-order chi connectivity index (χ1) is 19.3. The summed E-state index contributed by atoms with van der Waals surface area (Å²) < 4.78 is 0. The lowest BCUT2D eigenvalue weighted by atomic mass is 9.67. The van der Waals surface area contributed by atoms with Crippen molar-refractivity contribution in [2.45, 2.75) is 5.41 Å². The maximum atomic E-state index is 9.25. The van der Waals surface area contributed by atoms with Crippen molar-refractivity contribution in [2.24, 2.45) is 0 Å². The maximum absolute atomic E-state index is 9.25. The normalized spacial score (nSPS) is 12.8. The molecule has 1 aliphatic rings. The molecule has 0 amide bonds. The van der Waals surface area contributed by atoms with Crippen molar-refractivity contribution < 1.29 is 0 Å². The monoisotopic (exact) mass is 496 g/mol. The molecule has 1 aliphatic carbocycles. The third kappa shape index (κ3) is 3.60. The average Bonchev–Trinajstić information content (AvgIpc) is 3.32. The summed E-state index contributed by atoms with van der Waals surface area (Å²) in [4.78, 5) is 4.45. The highest BCUT2D eigenvalue weighted by atomic mass is 14.7. The molecule has 0 N–H and O–H groups in total. The van der Waals surface area contributed by atoms with E-state index in [0.29, 0.717) is 5.56 Å². The SMILES string of the molecule is N#Cc1ccnc(-c2ccc(-c3ccc4c(c3)-c3ccccc3C4(c3ccccc3)c3ccccc3)cc2)c1. The third-order valence-corrected chi connectivity index (χ3v) is 7.86. The van der Waals surface area contributed by atoms with Crippen LogP contribution in [-0.4, -0.2) is 4.98 Å². The van der Waals surface area contributed by atoms with Gasteiger partial charge in [-0.2, -0.15) is 5.26 Å². The summed E-state index contributed by atoms with van der Waals surface area (Å²) in [5, 5.41) is 9.25. The lowest BCUT2D eigenvalue weighted by molar-refractivity contribution is 0.768. The number of fused-ring (bicyclic) bond motifs is 3. The zero-order chi connectivity index (χ0) is 26.2. The molecule has 39 heavy (non-hydrogen) atoms. The number of pyridine rings is 1. The van der Waals surface area contributed by atoms with E-state index < -0.39 is 0 Å². The van der Waals surface area contributed by atoms with Crippen LogP contribution in [0.15, 0.2) is 146 Å². The van der Waals surface area contributed by atoms with Crippen LogP contribution in [0.2, 0.25) is 0 Å². The van der Waals surface area contributed by atoms with Crippen LogP contribution in [0.5, 0.6) is 0 Å². The van der Waals surface area contributed by atoms with Crippen LogP contribution in [0.3, 0.4) is 0 Å². The Morgan fingerprint density at radius 1 is 0.513 bits per heavy atom. The molecule has 0 aliphatic heterocycles. The summed E-state index contributed by atoms with van der Waals surface area (Å²) in [6.45, 7) is 0.